The Balaban J connectivity index is 1.53. The van der Waals surface area contributed by atoms with Crippen molar-refractivity contribution in [2.24, 2.45) is 0 Å². The number of nitrogens with zero attached hydrogens (tertiary/aromatic N) is 1. The van der Waals surface area contributed by atoms with Crippen LogP contribution in [0.25, 0.3) is 10.4 Å². The zero-order valence-electron chi connectivity index (χ0n) is 20.2. The van der Waals surface area contributed by atoms with Crippen LogP contribution >= 0.6 is 11.3 Å². The summed E-state index contributed by atoms with van der Waals surface area (Å²) in [4.78, 5) is 16.7. The van der Waals surface area contributed by atoms with Gasteiger partial charge in [0.2, 0.25) is 0 Å². The van der Waals surface area contributed by atoms with E-state index in [9.17, 15) is 18.0 Å². The highest BCUT2D eigenvalue weighted by Gasteiger charge is 2.35. The molecule has 0 aliphatic carbocycles. The molecule has 1 aliphatic rings. The summed E-state index contributed by atoms with van der Waals surface area (Å²) in [7, 11) is 3.17. The average molecular weight is 524 g/mol. The minimum Gasteiger partial charge on any atom is -0.493 e. The van der Waals surface area contributed by atoms with E-state index in [1.54, 1.807) is 32.4 Å². The van der Waals surface area contributed by atoms with E-state index in [1.807, 2.05) is 47.4 Å². The molecule has 4 nitrogen and oxygen atoms in total. The Morgan fingerprint density at radius 2 is 1.65 bits per heavy atom. The van der Waals surface area contributed by atoms with E-state index in [-0.39, 0.29) is 11.9 Å². The molecule has 5 rings (SSSR count). The lowest BCUT2D eigenvalue weighted by molar-refractivity contribution is -0.137. The molecule has 2 heterocycles. The molecule has 0 radical (unpaired) electrons. The molecule has 3 aromatic carbocycles. The van der Waals surface area contributed by atoms with Gasteiger partial charge >= 0.3 is 6.18 Å². The largest absolute Gasteiger partial charge is 0.493 e. The molecule has 8 heteroatoms. The lowest BCUT2D eigenvalue weighted by Gasteiger charge is -2.38. The van der Waals surface area contributed by atoms with Crippen molar-refractivity contribution >= 4 is 17.2 Å². The fourth-order valence-corrected chi connectivity index (χ4v) is 5.72. The minimum atomic E-state index is -4.43. The molecular formula is C29H24F3NO3S. The molecule has 1 atom stereocenters. The van der Waals surface area contributed by atoms with Gasteiger partial charge in [0.25, 0.3) is 5.91 Å². The van der Waals surface area contributed by atoms with E-state index >= 15 is 0 Å². The molecule has 0 spiro atoms. The van der Waals surface area contributed by atoms with Gasteiger partial charge in [-0.2, -0.15) is 13.2 Å². The molecule has 1 amide bonds. The fourth-order valence-electron chi connectivity index (χ4n) is 4.76. The molecule has 1 aliphatic heterocycles. The van der Waals surface area contributed by atoms with E-state index in [0.29, 0.717) is 39.8 Å². The van der Waals surface area contributed by atoms with Crippen LogP contribution in [0.2, 0.25) is 0 Å². The second-order valence-corrected chi connectivity index (χ2v) is 9.79. The van der Waals surface area contributed by atoms with Crippen LogP contribution in [0.5, 0.6) is 11.5 Å². The highest BCUT2D eigenvalue weighted by Crippen LogP contribution is 2.42. The maximum Gasteiger partial charge on any atom is 0.416 e. The maximum atomic E-state index is 13.8. The van der Waals surface area contributed by atoms with Gasteiger partial charge in [-0.05, 0) is 65.1 Å². The fraction of sp³-hybridized carbons (Fsp3) is 0.207. The predicted octanol–water partition coefficient (Wildman–Crippen LogP) is 7.24. The molecule has 0 saturated heterocycles. The topological polar surface area (TPSA) is 38.8 Å². The molecule has 1 aromatic heterocycles. The van der Waals surface area contributed by atoms with Crippen molar-refractivity contribution < 1.29 is 27.4 Å². The van der Waals surface area contributed by atoms with Gasteiger partial charge in [0.15, 0.2) is 11.5 Å². The van der Waals surface area contributed by atoms with Gasteiger partial charge in [0, 0.05) is 11.4 Å². The summed E-state index contributed by atoms with van der Waals surface area (Å²) in [6.45, 7) is 0.484. The summed E-state index contributed by atoms with van der Waals surface area (Å²) in [6, 6.07) is 21.9. The zero-order valence-corrected chi connectivity index (χ0v) is 21.0. The molecule has 37 heavy (non-hydrogen) atoms. The van der Waals surface area contributed by atoms with Crippen molar-refractivity contribution in [1.29, 1.82) is 0 Å². The number of hydrogen-bond donors (Lipinski definition) is 0. The molecule has 190 valence electrons. The predicted molar refractivity (Wildman–Crippen MR) is 137 cm³/mol. The lowest BCUT2D eigenvalue weighted by atomic mass is 9.87. The normalized spacial score (nSPS) is 15.3. The van der Waals surface area contributed by atoms with Crippen molar-refractivity contribution in [3.05, 3.63) is 106 Å². The quantitative estimate of drug-likeness (QED) is 0.277. The van der Waals surface area contributed by atoms with Gasteiger partial charge in [-0.25, -0.2) is 0 Å². The minimum absolute atomic E-state index is 0.169. The van der Waals surface area contributed by atoms with Crippen LogP contribution in [0.1, 0.15) is 38.0 Å². The number of rotatable bonds is 5. The van der Waals surface area contributed by atoms with E-state index in [4.69, 9.17) is 9.47 Å². The first-order valence-electron chi connectivity index (χ1n) is 11.7. The molecule has 4 aromatic rings. The van der Waals surface area contributed by atoms with Crippen LogP contribution in [0.4, 0.5) is 13.2 Å². The van der Waals surface area contributed by atoms with Crippen LogP contribution in [-0.2, 0) is 12.6 Å². The number of hydrogen-bond acceptors (Lipinski definition) is 4. The van der Waals surface area contributed by atoms with E-state index in [2.05, 4.69) is 0 Å². The molecule has 0 N–H and O–H groups in total. The number of thiophene rings is 1. The second kappa shape index (κ2) is 9.94. The third-order valence-electron chi connectivity index (χ3n) is 6.54. The van der Waals surface area contributed by atoms with Crippen LogP contribution in [-0.4, -0.2) is 31.6 Å². The van der Waals surface area contributed by atoms with Gasteiger partial charge < -0.3 is 14.4 Å². The zero-order chi connectivity index (χ0) is 26.2. The number of fused-ring (bicyclic) bond motifs is 1. The Kier molecular flexibility index (Phi) is 6.69. The van der Waals surface area contributed by atoms with E-state index in [0.717, 1.165) is 28.8 Å². The number of alkyl halides is 3. The number of halogens is 3. The van der Waals surface area contributed by atoms with Crippen molar-refractivity contribution in [3.8, 4) is 21.9 Å². The Labute approximate surface area is 216 Å². The molecule has 0 fully saturated rings. The average Bonchev–Trinajstić information content (AvgIpc) is 3.42. The standard InChI is InChI=1S/C29H24F3NO3S/c1-35-23-16-19-13-14-33(27(18-7-4-3-5-8-18)22(19)17-24(23)36-2)28(34)26-12-11-25(37-26)20-9-6-10-21(15-20)29(30,31)32/h3-12,15-17,27H,13-14H2,1-2H3/t27-/m0/s1. The number of ether oxygens (including phenoxy) is 2. The summed E-state index contributed by atoms with van der Waals surface area (Å²) in [5, 5.41) is 0. The van der Waals surface area contributed by atoms with Crippen molar-refractivity contribution in [2.45, 2.75) is 18.6 Å². The third-order valence-corrected chi connectivity index (χ3v) is 7.66. The Bertz CT molecular complexity index is 1430. The van der Waals surface area contributed by atoms with Crippen LogP contribution < -0.4 is 9.47 Å². The van der Waals surface area contributed by atoms with E-state index < -0.39 is 11.7 Å². The van der Waals surface area contributed by atoms with Crippen molar-refractivity contribution in [3.63, 3.8) is 0 Å². The first kappa shape index (κ1) is 24.9. The SMILES string of the molecule is COc1cc2c(cc1OC)[C@H](c1ccccc1)N(C(=O)c1ccc(-c3cccc(C(F)(F)F)c3)s1)CC2. The van der Waals surface area contributed by atoms with Crippen LogP contribution in [0.3, 0.4) is 0 Å². The number of carbonyl (C=O) groups is 1. The second-order valence-electron chi connectivity index (χ2n) is 8.71. The molecule has 0 bridgehead atoms. The smallest absolute Gasteiger partial charge is 0.416 e. The highest BCUT2D eigenvalue weighted by atomic mass is 32.1. The Hall–Kier alpha value is -3.78. The van der Waals surface area contributed by atoms with E-state index in [1.165, 1.54) is 17.4 Å². The Morgan fingerprint density at radius 1 is 0.919 bits per heavy atom. The number of methoxy groups -OCH3 is 2. The summed E-state index contributed by atoms with van der Waals surface area (Å²) < 4.78 is 50.7. The molecule has 0 saturated carbocycles. The first-order chi connectivity index (χ1) is 17.8. The van der Waals surface area contributed by atoms with Crippen molar-refractivity contribution in [2.75, 3.05) is 20.8 Å². The molecular weight excluding hydrogens is 499 g/mol. The van der Waals surface area contributed by atoms with Gasteiger partial charge in [0.05, 0.1) is 30.7 Å². The summed E-state index contributed by atoms with van der Waals surface area (Å²) in [5.41, 5.74) is 2.70. The number of carbonyl (C=O) groups excluding carboxylic acids is 1. The summed E-state index contributed by atoms with van der Waals surface area (Å²) in [5.74, 6) is 1.05. The third kappa shape index (κ3) is 4.81. The van der Waals surface area contributed by atoms with Crippen LogP contribution in [0, 0.1) is 0 Å². The lowest BCUT2D eigenvalue weighted by Crippen LogP contribution is -2.40. The highest BCUT2D eigenvalue weighted by molar-refractivity contribution is 7.17. The van der Waals surface area contributed by atoms with Gasteiger partial charge in [0.1, 0.15) is 0 Å². The molecule has 0 unspecified atom stereocenters. The summed E-state index contributed by atoms with van der Waals surface area (Å²) >= 11 is 1.20. The van der Waals surface area contributed by atoms with Gasteiger partial charge in [-0.3, -0.25) is 4.79 Å². The Morgan fingerprint density at radius 3 is 2.35 bits per heavy atom. The van der Waals surface area contributed by atoms with Crippen LogP contribution in [0.15, 0.2) is 78.9 Å². The summed E-state index contributed by atoms with van der Waals surface area (Å²) in [6.07, 6.45) is -3.80. The maximum absolute atomic E-state index is 13.8. The number of benzene rings is 3. The first-order valence-corrected chi connectivity index (χ1v) is 12.5. The van der Waals surface area contributed by atoms with Crippen molar-refractivity contribution in [1.82, 2.24) is 4.90 Å². The van der Waals surface area contributed by atoms with Gasteiger partial charge in [-0.15, -0.1) is 11.3 Å². The monoisotopic (exact) mass is 523 g/mol. The number of amides is 1. The van der Waals surface area contributed by atoms with Gasteiger partial charge in [-0.1, -0.05) is 42.5 Å².